The van der Waals surface area contributed by atoms with Gasteiger partial charge in [-0.2, -0.15) is 0 Å². The van der Waals surface area contributed by atoms with Crippen LogP contribution in [0, 0.1) is 12.7 Å². The number of nitrogens with zero attached hydrogens (tertiary/aromatic N) is 3. The van der Waals surface area contributed by atoms with Crippen molar-refractivity contribution in [2.24, 2.45) is 0 Å². The van der Waals surface area contributed by atoms with E-state index in [-0.39, 0.29) is 11.7 Å². The van der Waals surface area contributed by atoms with E-state index in [9.17, 15) is 9.18 Å². The Labute approximate surface area is 172 Å². The molecule has 0 aliphatic carbocycles. The number of ether oxygens (including phenoxy) is 1. The minimum atomic E-state index is -0.395. The Balaban J connectivity index is 1.73. The monoisotopic (exact) mass is 412 g/mol. The van der Waals surface area contributed by atoms with Crippen molar-refractivity contribution >= 4 is 23.4 Å². The number of rotatable bonds is 8. The van der Waals surface area contributed by atoms with Crippen LogP contribution in [-0.2, 0) is 11.3 Å². The van der Waals surface area contributed by atoms with Crippen LogP contribution < -0.4 is 10.1 Å². The molecule has 8 heteroatoms. The van der Waals surface area contributed by atoms with E-state index in [0.29, 0.717) is 23.2 Å². The lowest BCUT2D eigenvalue weighted by atomic mass is 10.2. The van der Waals surface area contributed by atoms with Gasteiger partial charge in [-0.1, -0.05) is 23.9 Å². The summed E-state index contributed by atoms with van der Waals surface area (Å²) in [5, 5.41) is 11.8. The predicted octanol–water partition coefficient (Wildman–Crippen LogP) is 4.32. The average molecular weight is 412 g/mol. The lowest BCUT2D eigenvalue weighted by molar-refractivity contribution is -0.113. The van der Waals surface area contributed by atoms with Gasteiger partial charge in [0.25, 0.3) is 0 Å². The van der Waals surface area contributed by atoms with Crippen molar-refractivity contribution in [2.45, 2.75) is 18.6 Å². The number of hydrogen-bond donors (Lipinski definition) is 1. The molecule has 0 saturated heterocycles. The first kappa shape index (κ1) is 20.6. The average Bonchev–Trinajstić information content (AvgIpc) is 3.12. The number of nitrogens with one attached hydrogen (secondary N) is 1. The zero-order valence-corrected chi connectivity index (χ0v) is 17.0. The molecule has 0 aliphatic heterocycles. The molecule has 2 aromatic carbocycles. The highest BCUT2D eigenvalue weighted by atomic mass is 32.2. The van der Waals surface area contributed by atoms with Crippen molar-refractivity contribution in [3.05, 3.63) is 66.5 Å². The Kier molecular flexibility index (Phi) is 6.66. The zero-order valence-electron chi connectivity index (χ0n) is 16.2. The highest BCUT2D eigenvalue weighted by Gasteiger charge is 2.15. The number of thioether (sulfide) groups is 1. The lowest BCUT2D eigenvalue weighted by Crippen LogP contribution is -2.15. The van der Waals surface area contributed by atoms with Crippen molar-refractivity contribution in [2.75, 3.05) is 18.2 Å². The quantitative estimate of drug-likeness (QED) is 0.441. The first-order chi connectivity index (χ1) is 14.0. The standard InChI is InChI=1S/C21H21FN4O2S/c1-4-11-26-20(15-6-9-17(28-3)10-7-15)24-25-21(26)29-13-19(27)23-18-12-16(22)8-5-14(18)2/h4-10,12H,1,11,13H2,2-3H3,(H,23,27). The molecule has 0 unspecified atom stereocenters. The van der Waals surface area contributed by atoms with E-state index in [1.807, 2.05) is 35.8 Å². The Hall–Kier alpha value is -3.13. The molecule has 0 aliphatic rings. The van der Waals surface area contributed by atoms with E-state index >= 15 is 0 Å². The molecule has 3 aromatic rings. The molecule has 0 spiro atoms. The number of carbonyl (C=O) groups is 1. The number of methoxy groups -OCH3 is 1. The van der Waals surface area contributed by atoms with Gasteiger partial charge >= 0.3 is 0 Å². The summed E-state index contributed by atoms with van der Waals surface area (Å²) in [6.45, 7) is 6.10. The molecule has 1 N–H and O–H groups in total. The Morgan fingerprint density at radius 3 is 2.72 bits per heavy atom. The number of anilines is 1. The van der Waals surface area contributed by atoms with E-state index in [1.54, 1.807) is 19.3 Å². The third kappa shape index (κ3) is 5.03. The van der Waals surface area contributed by atoms with E-state index in [0.717, 1.165) is 16.9 Å². The second-order valence-electron chi connectivity index (χ2n) is 6.23. The molecule has 3 rings (SSSR count). The zero-order chi connectivity index (χ0) is 20.8. The van der Waals surface area contributed by atoms with Crippen molar-refractivity contribution in [3.63, 3.8) is 0 Å². The van der Waals surface area contributed by atoms with Gasteiger partial charge in [0.15, 0.2) is 11.0 Å². The molecule has 0 saturated carbocycles. The van der Waals surface area contributed by atoms with Crippen LogP contribution in [0.1, 0.15) is 5.56 Å². The number of amides is 1. The normalized spacial score (nSPS) is 10.6. The number of allylic oxidation sites excluding steroid dienone is 1. The summed E-state index contributed by atoms with van der Waals surface area (Å²) in [7, 11) is 1.61. The summed E-state index contributed by atoms with van der Waals surface area (Å²) in [4.78, 5) is 12.3. The molecular formula is C21H21FN4O2S. The third-order valence-corrected chi connectivity index (χ3v) is 5.15. The second-order valence-corrected chi connectivity index (χ2v) is 7.17. The molecule has 1 amide bonds. The fraction of sp³-hybridized carbons (Fsp3) is 0.190. The number of benzene rings is 2. The number of aromatic nitrogens is 3. The fourth-order valence-electron chi connectivity index (χ4n) is 2.69. The van der Waals surface area contributed by atoms with E-state index in [1.165, 1.54) is 23.9 Å². The number of hydrogen-bond acceptors (Lipinski definition) is 5. The summed E-state index contributed by atoms with van der Waals surface area (Å²) in [6, 6.07) is 11.8. The molecule has 0 radical (unpaired) electrons. The first-order valence-electron chi connectivity index (χ1n) is 8.89. The molecule has 1 heterocycles. The molecule has 0 bridgehead atoms. The second kappa shape index (κ2) is 9.38. The highest BCUT2D eigenvalue weighted by Crippen LogP contribution is 2.26. The van der Waals surface area contributed by atoms with Crippen LogP contribution in [0.4, 0.5) is 10.1 Å². The number of halogens is 1. The molecule has 0 atom stereocenters. The third-order valence-electron chi connectivity index (χ3n) is 4.18. The highest BCUT2D eigenvalue weighted by molar-refractivity contribution is 7.99. The topological polar surface area (TPSA) is 69.0 Å². The van der Waals surface area contributed by atoms with Crippen molar-refractivity contribution in [1.82, 2.24) is 14.8 Å². The SMILES string of the molecule is C=CCn1c(SCC(=O)Nc2cc(F)ccc2C)nnc1-c1ccc(OC)cc1. The van der Waals surface area contributed by atoms with Crippen molar-refractivity contribution in [1.29, 1.82) is 0 Å². The van der Waals surface area contributed by atoms with Crippen LogP contribution in [0.5, 0.6) is 5.75 Å². The van der Waals surface area contributed by atoms with Crippen LogP contribution in [-0.4, -0.2) is 33.5 Å². The van der Waals surface area contributed by atoms with Gasteiger partial charge in [-0.3, -0.25) is 9.36 Å². The maximum Gasteiger partial charge on any atom is 0.234 e. The molecule has 29 heavy (non-hydrogen) atoms. The van der Waals surface area contributed by atoms with Crippen molar-refractivity contribution in [3.8, 4) is 17.1 Å². The maximum atomic E-state index is 13.4. The largest absolute Gasteiger partial charge is 0.497 e. The summed E-state index contributed by atoms with van der Waals surface area (Å²) >= 11 is 1.26. The molecular weight excluding hydrogens is 391 g/mol. The van der Waals surface area contributed by atoms with E-state index in [2.05, 4.69) is 22.1 Å². The van der Waals surface area contributed by atoms with Crippen LogP contribution in [0.2, 0.25) is 0 Å². The molecule has 0 fully saturated rings. The Morgan fingerprint density at radius 2 is 2.03 bits per heavy atom. The van der Waals surface area contributed by atoms with Crippen LogP contribution >= 0.6 is 11.8 Å². The van der Waals surface area contributed by atoms with Crippen LogP contribution in [0.15, 0.2) is 60.3 Å². The Morgan fingerprint density at radius 1 is 1.28 bits per heavy atom. The smallest absolute Gasteiger partial charge is 0.234 e. The minimum Gasteiger partial charge on any atom is -0.497 e. The van der Waals surface area contributed by atoms with Gasteiger partial charge in [0, 0.05) is 17.8 Å². The van der Waals surface area contributed by atoms with Gasteiger partial charge in [0.1, 0.15) is 11.6 Å². The summed E-state index contributed by atoms with van der Waals surface area (Å²) < 4.78 is 20.5. The maximum absolute atomic E-state index is 13.4. The van der Waals surface area contributed by atoms with Gasteiger partial charge in [-0.05, 0) is 48.9 Å². The summed E-state index contributed by atoms with van der Waals surface area (Å²) in [6.07, 6.45) is 1.75. The summed E-state index contributed by atoms with van der Waals surface area (Å²) in [5.41, 5.74) is 2.13. The number of carbonyl (C=O) groups excluding carboxylic acids is 1. The van der Waals surface area contributed by atoms with Gasteiger partial charge < -0.3 is 10.1 Å². The first-order valence-corrected chi connectivity index (χ1v) is 9.87. The van der Waals surface area contributed by atoms with E-state index < -0.39 is 5.82 Å². The predicted molar refractivity (Wildman–Crippen MR) is 113 cm³/mol. The van der Waals surface area contributed by atoms with Gasteiger partial charge in [-0.15, -0.1) is 16.8 Å². The fourth-order valence-corrected chi connectivity index (χ4v) is 3.44. The van der Waals surface area contributed by atoms with Crippen molar-refractivity contribution < 1.29 is 13.9 Å². The lowest BCUT2D eigenvalue weighted by Gasteiger charge is -2.10. The van der Waals surface area contributed by atoms with E-state index in [4.69, 9.17) is 4.74 Å². The van der Waals surface area contributed by atoms with Gasteiger partial charge in [-0.25, -0.2) is 4.39 Å². The van der Waals surface area contributed by atoms with Crippen LogP contribution in [0.25, 0.3) is 11.4 Å². The van der Waals surface area contributed by atoms with Gasteiger partial charge in [0.2, 0.25) is 5.91 Å². The van der Waals surface area contributed by atoms with Gasteiger partial charge in [0.05, 0.1) is 12.9 Å². The molecule has 150 valence electrons. The van der Waals surface area contributed by atoms with Crippen LogP contribution in [0.3, 0.4) is 0 Å². The Bertz CT molecular complexity index is 1020. The molecule has 6 nitrogen and oxygen atoms in total. The number of aryl methyl sites for hydroxylation is 1. The molecule has 1 aromatic heterocycles. The minimum absolute atomic E-state index is 0.119. The summed E-state index contributed by atoms with van der Waals surface area (Å²) in [5.74, 6) is 0.906.